The zero-order chi connectivity index (χ0) is 12.3. The molecule has 2 aromatic heterocycles. The summed E-state index contributed by atoms with van der Waals surface area (Å²) in [6, 6.07) is 2.42. The molecule has 0 atom stereocenters. The lowest BCUT2D eigenvalue weighted by Gasteiger charge is -2.03. The Kier molecular flexibility index (Phi) is 3.53. The molecule has 2 aromatic rings. The van der Waals surface area contributed by atoms with E-state index < -0.39 is 0 Å². The van der Waals surface area contributed by atoms with Crippen molar-refractivity contribution >= 4 is 0 Å². The van der Waals surface area contributed by atoms with Crippen LogP contribution in [0.3, 0.4) is 0 Å². The van der Waals surface area contributed by atoms with Crippen LogP contribution < -0.4 is 5.32 Å². The third-order valence-corrected chi connectivity index (χ3v) is 2.35. The van der Waals surface area contributed by atoms with Crippen molar-refractivity contribution in [3.63, 3.8) is 0 Å². The fraction of sp³-hybridized carbons (Fsp3) is 0.545. The topological polar surface area (TPSA) is 60.6 Å². The Hall–Kier alpha value is -1.69. The van der Waals surface area contributed by atoms with Gasteiger partial charge in [0.05, 0.1) is 18.8 Å². The zero-order valence-corrected chi connectivity index (χ0v) is 10.5. The Morgan fingerprint density at radius 2 is 2.18 bits per heavy atom. The Labute approximate surface area is 101 Å². The molecule has 0 amide bonds. The molecule has 0 unspecified atom stereocenters. The lowest BCUT2D eigenvalue weighted by atomic mass is 10.4. The van der Waals surface area contributed by atoms with Crippen LogP contribution in [0.5, 0.6) is 0 Å². The standard InChI is InChI=1S/C11H18N6/c1-9(2)12-6-11-13-8-17(15-11)7-10-4-5-16(3)14-10/h4-5,8-9,12H,6-7H2,1-3H3. The first-order chi connectivity index (χ1) is 8.13. The van der Waals surface area contributed by atoms with Gasteiger partial charge in [0, 0.05) is 19.3 Å². The molecule has 2 rings (SSSR count). The van der Waals surface area contributed by atoms with Gasteiger partial charge in [-0.1, -0.05) is 13.8 Å². The summed E-state index contributed by atoms with van der Waals surface area (Å²) >= 11 is 0. The van der Waals surface area contributed by atoms with Crippen molar-refractivity contribution in [1.82, 2.24) is 29.9 Å². The largest absolute Gasteiger partial charge is 0.308 e. The SMILES string of the molecule is CC(C)NCc1ncn(Cc2ccn(C)n2)n1. The van der Waals surface area contributed by atoms with Crippen molar-refractivity contribution in [1.29, 1.82) is 0 Å². The second-order valence-electron chi connectivity index (χ2n) is 4.37. The predicted molar refractivity (Wildman–Crippen MR) is 64.3 cm³/mol. The van der Waals surface area contributed by atoms with Crippen LogP contribution in [0.25, 0.3) is 0 Å². The van der Waals surface area contributed by atoms with Crippen LogP contribution >= 0.6 is 0 Å². The number of nitrogens with one attached hydrogen (secondary N) is 1. The van der Waals surface area contributed by atoms with Gasteiger partial charge >= 0.3 is 0 Å². The Bertz CT molecular complexity index is 470. The van der Waals surface area contributed by atoms with Crippen LogP contribution in [0.2, 0.25) is 0 Å². The van der Waals surface area contributed by atoms with Gasteiger partial charge in [-0.2, -0.15) is 10.2 Å². The molecule has 0 aromatic carbocycles. The van der Waals surface area contributed by atoms with E-state index in [1.807, 2.05) is 19.3 Å². The van der Waals surface area contributed by atoms with Crippen LogP contribution in [0, 0.1) is 0 Å². The summed E-state index contributed by atoms with van der Waals surface area (Å²) in [7, 11) is 1.91. The molecule has 6 nitrogen and oxygen atoms in total. The van der Waals surface area contributed by atoms with E-state index in [-0.39, 0.29) is 0 Å². The van der Waals surface area contributed by atoms with Crippen molar-refractivity contribution in [2.75, 3.05) is 0 Å². The van der Waals surface area contributed by atoms with E-state index in [2.05, 4.69) is 34.3 Å². The summed E-state index contributed by atoms with van der Waals surface area (Å²) < 4.78 is 3.59. The van der Waals surface area contributed by atoms with Gasteiger partial charge < -0.3 is 5.32 Å². The number of hydrogen-bond donors (Lipinski definition) is 1. The molecule has 0 bridgehead atoms. The second-order valence-corrected chi connectivity index (χ2v) is 4.37. The monoisotopic (exact) mass is 234 g/mol. The van der Waals surface area contributed by atoms with Gasteiger partial charge in [-0.25, -0.2) is 9.67 Å². The van der Waals surface area contributed by atoms with Gasteiger partial charge in [-0.05, 0) is 6.07 Å². The van der Waals surface area contributed by atoms with Gasteiger partial charge in [0.25, 0.3) is 0 Å². The lowest BCUT2D eigenvalue weighted by Crippen LogP contribution is -2.22. The normalized spacial score (nSPS) is 11.3. The molecule has 17 heavy (non-hydrogen) atoms. The molecule has 2 heterocycles. The molecule has 0 fully saturated rings. The first-order valence-electron chi connectivity index (χ1n) is 5.73. The number of nitrogens with zero attached hydrogens (tertiary/aromatic N) is 5. The lowest BCUT2D eigenvalue weighted by molar-refractivity contribution is 0.563. The number of aromatic nitrogens is 5. The fourth-order valence-corrected chi connectivity index (χ4v) is 1.50. The Morgan fingerprint density at radius 1 is 1.35 bits per heavy atom. The van der Waals surface area contributed by atoms with Gasteiger partial charge in [-0.3, -0.25) is 4.68 Å². The smallest absolute Gasteiger partial charge is 0.164 e. The number of rotatable bonds is 5. The molecule has 0 radical (unpaired) electrons. The van der Waals surface area contributed by atoms with E-state index >= 15 is 0 Å². The quantitative estimate of drug-likeness (QED) is 0.821. The van der Waals surface area contributed by atoms with E-state index in [1.54, 1.807) is 15.7 Å². The van der Waals surface area contributed by atoms with Crippen LogP contribution in [0.4, 0.5) is 0 Å². The highest BCUT2D eigenvalue weighted by Crippen LogP contribution is 1.98. The average Bonchev–Trinajstić information content (AvgIpc) is 2.86. The highest BCUT2D eigenvalue weighted by molar-refractivity contribution is 4.99. The van der Waals surface area contributed by atoms with Gasteiger partial charge in [-0.15, -0.1) is 0 Å². The summed E-state index contributed by atoms with van der Waals surface area (Å²) in [5.41, 5.74) is 0.987. The minimum absolute atomic E-state index is 0.442. The van der Waals surface area contributed by atoms with Crippen LogP contribution in [0.15, 0.2) is 18.6 Å². The Morgan fingerprint density at radius 3 is 2.82 bits per heavy atom. The van der Waals surface area contributed by atoms with E-state index in [1.165, 1.54) is 0 Å². The third kappa shape index (κ3) is 3.39. The first-order valence-corrected chi connectivity index (χ1v) is 5.73. The molecular weight excluding hydrogens is 216 g/mol. The van der Waals surface area contributed by atoms with E-state index in [9.17, 15) is 0 Å². The minimum atomic E-state index is 0.442. The van der Waals surface area contributed by atoms with Gasteiger partial charge in [0.15, 0.2) is 5.82 Å². The summed E-state index contributed by atoms with van der Waals surface area (Å²) in [4.78, 5) is 4.25. The van der Waals surface area contributed by atoms with Crippen molar-refractivity contribution < 1.29 is 0 Å². The second kappa shape index (κ2) is 5.09. The van der Waals surface area contributed by atoms with Crippen molar-refractivity contribution in [3.05, 3.63) is 30.1 Å². The highest BCUT2D eigenvalue weighted by Gasteiger charge is 2.03. The molecule has 0 spiro atoms. The molecular formula is C11H18N6. The highest BCUT2D eigenvalue weighted by atomic mass is 15.3. The summed E-state index contributed by atoms with van der Waals surface area (Å²) in [6.07, 6.45) is 3.67. The van der Waals surface area contributed by atoms with Crippen molar-refractivity contribution in [2.24, 2.45) is 7.05 Å². The fourth-order valence-electron chi connectivity index (χ4n) is 1.50. The summed E-state index contributed by atoms with van der Waals surface area (Å²) in [5, 5.41) is 12.0. The van der Waals surface area contributed by atoms with Gasteiger partial charge in [0.2, 0.25) is 0 Å². The molecule has 0 aliphatic carbocycles. The molecule has 92 valence electrons. The van der Waals surface area contributed by atoms with Crippen LogP contribution in [-0.2, 0) is 20.1 Å². The molecule has 1 N–H and O–H groups in total. The van der Waals surface area contributed by atoms with Crippen molar-refractivity contribution in [2.45, 2.75) is 33.0 Å². The third-order valence-electron chi connectivity index (χ3n) is 2.35. The van der Waals surface area contributed by atoms with Crippen molar-refractivity contribution in [3.8, 4) is 0 Å². The molecule has 0 aliphatic rings. The Balaban J connectivity index is 1.94. The summed E-state index contributed by atoms with van der Waals surface area (Å²) in [6.45, 7) is 5.57. The maximum Gasteiger partial charge on any atom is 0.164 e. The molecule has 0 saturated carbocycles. The number of aryl methyl sites for hydroxylation is 1. The van der Waals surface area contributed by atoms with Gasteiger partial charge in [0.1, 0.15) is 6.33 Å². The van der Waals surface area contributed by atoms with E-state index in [0.29, 0.717) is 19.1 Å². The molecule has 0 aliphatic heterocycles. The minimum Gasteiger partial charge on any atom is -0.308 e. The predicted octanol–water partition coefficient (Wildman–Crippen LogP) is 0.558. The first kappa shape index (κ1) is 11.8. The maximum atomic E-state index is 4.38. The van der Waals surface area contributed by atoms with Crippen LogP contribution in [-0.4, -0.2) is 30.6 Å². The average molecular weight is 234 g/mol. The zero-order valence-electron chi connectivity index (χ0n) is 10.5. The van der Waals surface area contributed by atoms with E-state index in [4.69, 9.17) is 0 Å². The van der Waals surface area contributed by atoms with E-state index in [0.717, 1.165) is 11.5 Å². The molecule has 6 heteroatoms. The maximum absolute atomic E-state index is 4.38. The van der Waals surface area contributed by atoms with Crippen LogP contribution in [0.1, 0.15) is 25.4 Å². The summed E-state index contributed by atoms with van der Waals surface area (Å²) in [5.74, 6) is 0.814. The molecule has 0 saturated heterocycles. The number of hydrogen-bond acceptors (Lipinski definition) is 4.